The smallest absolute Gasteiger partial charge is 0.0172 e. The summed E-state index contributed by atoms with van der Waals surface area (Å²) >= 11 is 0. The molecule has 45 heavy (non-hydrogen) atoms. The minimum Gasteiger partial charge on any atom is -0.0620 e. The standard InChI is InChI=1S/C45H34/c1-43-23-10-20-19-8-18-16-6-7-17-24-11-25-22-9-21(23)30-31(22)42-38-36(40(30)43)34-33-32(27(18)28(19)35(34)39(20)43)26(16)29(17)41(37(33)38)44(24)12-14-4-2-3-5-15(14)13-45(25,42)44/h2-5,16-20,23-26,29,39H,6-13H2,1H3. The van der Waals surface area contributed by atoms with Crippen molar-refractivity contribution in [2.75, 3.05) is 0 Å². The van der Waals surface area contributed by atoms with E-state index in [1.807, 2.05) is 82.8 Å². The van der Waals surface area contributed by atoms with Crippen LogP contribution in [0.25, 0.3) is 27.8 Å². The number of allylic oxidation sites excluding steroid dienone is 1. The zero-order chi connectivity index (χ0) is 27.7. The predicted octanol–water partition coefficient (Wildman–Crippen LogP) is 7.22. The highest BCUT2D eigenvalue weighted by atomic mass is 14.9. The van der Waals surface area contributed by atoms with Crippen LogP contribution in [-0.2, 0) is 23.7 Å². The van der Waals surface area contributed by atoms with E-state index in [1.54, 1.807) is 30.4 Å². The zero-order valence-electron chi connectivity index (χ0n) is 25.8. The van der Waals surface area contributed by atoms with E-state index in [1.165, 1.54) is 32.1 Å². The van der Waals surface area contributed by atoms with Gasteiger partial charge in [0.05, 0.1) is 0 Å². The van der Waals surface area contributed by atoms with Crippen molar-refractivity contribution < 1.29 is 0 Å². The lowest BCUT2D eigenvalue weighted by molar-refractivity contribution is 0.109. The van der Waals surface area contributed by atoms with Crippen molar-refractivity contribution >= 4 is 16.7 Å². The fourth-order valence-corrected chi connectivity index (χ4v) is 20.4. The maximum Gasteiger partial charge on any atom is 0.0172 e. The topological polar surface area (TPSA) is 0 Å². The van der Waals surface area contributed by atoms with Crippen LogP contribution in [0, 0.1) is 46.8 Å². The Labute approximate surface area is 262 Å². The van der Waals surface area contributed by atoms with Gasteiger partial charge in [0, 0.05) is 16.2 Å². The molecule has 214 valence electrons. The van der Waals surface area contributed by atoms with Gasteiger partial charge in [0.25, 0.3) is 0 Å². The first-order valence-electron chi connectivity index (χ1n) is 19.2. The summed E-state index contributed by atoms with van der Waals surface area (Å²) in [5, 5.41) is 3.83. The van der Waals surface area contributed by atoms with Crippen molar-refractivity contribution in [2.45, 2.75) is 92.8 Å². The van der Waals surface area contributed by atoms with Gasteiger partial charge in [-0.1, -0.05) is 42.3 Å². The summed E-state index contributed by atoms with van der Waals surface area (Å²) in [6.45, 7) is 2.85. The second kappa shape index (κ2) is 5.09. The van der Waals surface area contributed by atoms with Crippen LogP contribution in [0.4, 0.5) is 0 Å². The summed E-state index contributed by atoms with van der Waals surface area (Å²) in [5.41, 5.74) is 32.3. The lowest BCUT2D eigenvalue weighted by atomic mass is 9.45. The van der Waals surface area contributed by atoms with E-state index in [0.29, 0.717) is 16.2 Å². The summed E-state index contributed by atoms with van der Waals surface area (Å²) in [6.07, 6.45) is 11.7. The number of hydrogen-bond donors (Lipinski definition) is 0. The molecule has 4 fully saturated rings. The molecule has 0 radical (unpaired) electrons. The fourth-order valence-electron chi connectivity index (χ4n) is 20.4. The third-order valence-electron chi connectivity index (χ3n) is 20.3. The van der Waals surface area contributed by atoms with Gasteiger partial charge in [0.1, 0.15) is 0 Å². The first kappa shape index (κ1) is 20.4. The van der Waals surface area contributed by atoms with Crippen LogP contribution in [0.5, 0.6) is 0 Å². The Kier molecular flexibility index (Phi) is 2.31. The molecule has 0 N–H and O–H groups in total. The molecule has 0 saturated heterocycles. The molecular weight excluding hydrogens is 540 g/mol. The van der Waals surface area contributed by atoms with Crippen molar-refractivity contribution in [3.05, 3.63) is 95.9 Å². The van der Waals surface area contributed by atoms with Crippen LogP contribution >= 0.6 is 0 Å². The van der Waals surface area contributed by atoms with Gasteiger partial charge in [-0.25, -0.2) is 0 Å². The summed E-state index contributed by atoms with van der Waals surface area (Å²) in [4.78, 5) is 0. The predicted molar refractivity (Wildman–Crippen MR) is 172 cm³/mol. The van der Waals surface area contributed by atoms with E-state index in [-0.39, 0.29) is 0 Å². The van der Waals surface area contributed by atoms with Crippen LogP contribution in [-0.4, -0.2) is 0 Å². The van der Waals surface area contributed by atoms with Crippen LogP contribution in [0.2, 0.25) is 0 Å². The van der Waals surface area contributed by atoms with Crippen LogP contribution < -0.4 is 10.4 Å². The molecule has 0 heteroatoms. The Morgan fingerprint density at radius 2 is 1.42 bits per heavy atom. The summed E-state index contributed by atoms with van der Waals surface area (Å²) in [5.74, 6) is 9.76. The number of benzene rings is 3. The quantitative estimate of drug-likeness (QED) is 0.208. The molecule has 0 heterocycles. The summed E-state index contributed by atoms with van der Waals surface area (Å²) < 4.78 is 0. The van der Waals surface area contributed by atoms with Gasteiger partial charge in [0.2, 0.25) is 0 Å². The van der Waals surface area contributed by atoms with Gasteiger partial charge in [0.15, 0.2) is 0 Å². The molecule has 2 spiro atoms. The van der Waals surface area contributed by atoms with Crippen LogP contribution in [0.15, 0.2) is 29.8 Å². The summed E-state index contributed by atoms with van der Waals surface area (Å²) in [7, 11) is 0. The number of fused-ring (bicyclic) bond motifs is 6. The number of hydrogen-bond acceptors (Lipinski definition) is 0. The Morgan fingerprint density at radius 1 is 0.644 bits per heavy atom. The van der Waals surface area contributed by atoms with Crippen molar-refractivity contribution in [1.82, 2.24) is 0 Å². The second-order valence-electron chi connectivity index (χ2n) is 19.7. The molecule has 0 bridgehead atoms. The van der Waals surface area contributed by atoms with Crippen molar-refractivity contribution in [2.24, 2.45) is 46.8 Å². The first-order chi connectivity index (χ1) is 22.2. The van der Waals surface area contributed by atoms with E-state index in [4.69, 9.17) is 0 Å². The lowest BCUT2D eigenvalue weighted by Crippen LogP contribution is -2.56. The average molecular weight is 575 g/mol. The van der Waals surface area contributed by atoms with Crippen molar-refractivity contribution in [1.29, 1.82) is 0 Å². The fraction of sp³-hybridized carbons (Fsp3) is 0.511. The highest BCUT2D eigenvalue weighted by Gasteiger charge is 2.83. The van der Waals surface area contributed by atoms with Crippen LogP contribution in [0.1, 0.15) is 125 Å². The zero-order valence-corrected chi connectivity index (χ0v) is 25.8. The van der Waals surface area contributed by atoms with E-state index in [0.717, 1.165) is 65.1 Å². The van der Waals surface area contributed by atoms with E-state index in [2.05, 4.69) is 36.8 Å². The maximum absolute atomic E-state index is 2.85. The molecule has 3 aromatic carbocycles. The molecule has 0 nitrogen and oxygen atoms in total. The monoisotopic (exact) mass is 574 g/mol. The Hall–Kier alpha value is -2.86. The Bertz CT molecular complexity index is 2550. The molecule has 3 aromatic rings. The third kappa shape index (κ3) is 1.32. The minimum absolute atomic E-state index is 0.346. The van der Waals surface area contributed by atoms with E-state index < -0.39 is 0 Å². The largest absolute Gasteiger partial charge is 0.0620 e. The second-order valence-corrected chi connectivity index (χ2v) is 19.7. The highest BCUT2D eigenvalue weighted by Crippen LogP contribution is 2.90. The number of rotatable bonds is 0. The average Bonchev–Trinajstić information content (AvgIpc) is 3.90. The molecule has 0 aromatic heterocycles. The molecule has 15 aliphatic carbocycles. The Balaban J connectivity index is 1.19. The van der Waals surface area contributed by atoms with Gasteiger partial charge < -0.3 is 0 Å². The van der Waals surface area contributed by atoms with Crippen molar-refractivity contribution in [3.63, 3.8) is 0 Å². The van der Waals surface area contributed by atoms with Gasteiger partial charge in [-0.3, -0.25) is 0 Å². The molecule has 14 atom stereocenters. The van der Waals surface area contributed by atoms with E-state index >= 15 is 0 Å². The third-order valence-corrected chi connectivity index (χ3v) is 20.3. The molecule has 0 amide bonds. The van der Waals surface area contributed by atoms with Crippen LogP contribution in [0.3, 0.4) is 0 Å². The van der Waals surface area contributed by atoms with Gasteiger partial charge >= 0.3 is 0 Å². The van der Waals surface area contributed by atoms with E-state index in [9.17, 15) is 0 Å². The normalized spacial score (nSPS) is 53.0. The maximum atomic E-state index is 2.85. The molecule has 14 unspecified atom stereocenters. The lowest BCUT2D eigenvalue weighted by Gasteiger charge is -2.57. The van der Waals surface area contributed by atoms with Crippen molar-refractivity contribution in [3.8, 4) is 11.1 Å². The molecule has 0 aliphatic heterocycles. The molecule has 15 aliphatic rings. The minimum atomic E-state index is 0.346. The highest BCUT2D eigenvalue weighted by molar-refractivity contribution is 6.14. The molecule has 18 rings (SSSR count). The summed E-state index contributed by atoms with van der Waals surface area (Å²) in [6, 6.07) is 9.91. The molecule has 4 saturated carbocycles. The van der Waals surface area contributed by atoms with Gasteiger partial charge in [-0.15, -0.1) is 0 Å². The van der Waals surface area contributed by atoms with Gasteiger partial charge in [-0.2, -0.15) is 0 Å². The SMILES string of the molecule is CC12c3c4c5c6c7c3=C3CC=7C7CC8C9CCC%10C%11CC%12c%13c%11c%11c(c-4c%13C1C%12CC32)C5=C(C9C%11%10)C81Cc2ccccc2CC671. The van der Waals surface area contributed by atoms with Gasteiger partial charge in [-0.05, 0) is 205 Å². The Morgan fingerprint density at radius 3 is 2.33 bits per heavy atom. The first-order valence-corrected chi connectivity index (χ1v) is 19.2. The molecular formula is C45H34.